The molecule has 0 spiro atoms. The lowest BCUT2D eigenvalue weighted by Crippen LogP contribution is -3.13. The number of quaternary nitrogens is 1. The van der Waals surface area contributed by atoms with Crippen molar-refractivity contribution in [2.24, 2.45) is 0 Å². The van der Waals surface area contributed by atoms with Crippen LogP contribution in [-0.4, -0.2) is 38.9 Å². The van der Waals surface area contributed by atoms with E-state index >= 15 is 0 Å². The largest absolute Gasteiger partial charge is 0.329 e. The number of sulfonamides is 1. The van der Waals surface area contributed by atoms with Gasteiger partial charge in [0.15, 0.2) is 0 Å². The van der Waals surface area contributed by atoms with Gasteiger partial charge in [-0.15, -0.1) is 0 Å². The van der Waals surface area contributed by atoms with Crippen LogP contribution in [0, 0.1) is 17.1 Å². The summed E-state index contributed by atoms with van der Waals surface area (Å²) in [6.45, 7) is 2.58. The van der Waals surface area contributed by atoms with Crippen LogP contribution in [0.1, 0.15) is 11.1 Å². The molecule has 0 bridgehead atoms. The van der Waals surface area contributed by atoms with E-state index in [1.165, 1.54) is 27.4 Å². The number of rotatable bonds is 4. The van der Waals surface area contributed by atoms with E-state index in [-0.39, 0.29) is 4.90 Å². The highest BCUT2D eigenvalue weighted by Crippen LogP contribution is 2.18. The molecule has 0 radical (unpaired) electrons. The van der Waals surface area contributed by atoms with Crippen LogP contribution in [0.25, 0.3) is 0 Å². The smallest absolute Gasteiger partial charge is 0.246 e. The summed E-state index contributed by atoms with van der Waals surface area (Å²) >= 11 is 0. The van der Waals surface area contributed by atoms with Gasteiger partial charge in [-0.1, -0.05) is 30.3 Å². The molecule has 0 aromatic heterocycles. The molecule has 0 atom stereocenters. The standard InChI is InChI=1S/C18H18FN3O2S/c19-17-7-3-4-8-18(17)25(23,24)22-11-9-21(10-12-22)14-16-6-2-1-5-15(16)13-20/h1-8H,9-12,14H2/p+1. The molecule has 1 heterocycles. The van der Waals surface area contributed by atoms with Gasteiger partial charge in [-0.2, -0.15) is 9.57 Å². The predicted molar refractivity (Wildman–Crippen MR) is 90.7 cm³/mol. The molecule has 1 aliphatic rings. The average molecular weight is 360 g/mol. The Morgan fingerprint density at radius 1 is 1.08 bits per heavy atom. The van der Waals surface area contributed by atoms with Gasteiger partial charge in [-0.05, 0) is 18.2 Å². The summed E-state index contributed by atoms with van der Waals surface area (Å²) in [5, 5.41) is 9.17. The van der Waals surface area contributed by atoms with E-state index in [2.05, 4.69) is 6.07 Å². The second-order valence-corrected chi connectivity index (χ2v) is 7.94. The van der Waals surface area contributed by atoms with Crippen molar-refractivity contribution in [3.8, 4) is 6.07 Å². The molecule has 0 saturated carbocycles. The number of nitrogens with one attached hydrogen (secondary N) is 1. The maximum absolute atomic E-state index is 13.8. The predicted octanol–water partition coefficient (Wildman–Crippen LogP) is 0.787. The summed E-state index contributed by atoms with van der Waals surface area (Å²) in [5.74, 6) is -0.722. The van der Waals surface area contributed by atoms with Crippen LogP contribution in [0.15, 0.2) is 53.4 Å². The number of benzene rings is 2. The zero-order valence-corrected chi connectivity index (χ0v) is 14.5. The Labute approximate surface area is 147 Å². The van der Waals surface area contributed by atoms with Crippen LogP contribution in [0.2, 0.25) is 0 Å². The molecule has 0 amide bonds. The quantitative estimate of drug-likeness (QED) is 0.877. The van der Waals surface area contributed by atoms with E-state index in [4.69, 9.17) is 5.26 Å². The second kappa shape index (κ2) is 7.31. The third kappa shape index (κ3) is 3.71. The van der Waals surface area contributed by atoms with Crippen LogP contribution in [0.4, 0.5) is 4.39 Å². The first-order valence-corrected chi connectivity index (χ1v) is 9.52. The Hall–Kier alpha value is -2.27. The van der Waals surface area contributed by atoms with E-state index in [0.717, 1.165) is 11.6 Å². The van der Waals surface area contributed by atoms with Crippen LogP contribution in [0.5, 0.6) is 0 Å². The van der Waals surface area contributed by atoms with Crippen molar-refractivity contribution in [2.75, 3.05) is 26.2 Å². The molecule has 0 unspecified atom stereocenters. The zero-order valence-electron chi connectivity index (χ0n) is 13.7. The number of hydrogen-bond donors (Lipinski definition) is 1. The first-order chi connectivity index (χ1) is 12.0. The second-order valence-electron chi connectivity index (χ2n) is 6.03. The summed E-state index contributed by atoms with van der Waals surface area (Å²) in [5.41, 5.74) is 1.61. The molecule has 3 rings (SSSR count). The van der Waals surface area contributed by atoms with Crippen molar-refractivity contribution in [2.45, 2.75) is 11.4 Å². The lowest BCUT2D eigenvalue weighted by Gasteiger charge is -2.31. The first kappa shape index (κ1) is 17.5. The van der Waals surface area contributed by atoms with Crippen LogP contribution in [0.3, 0.4) is 0 Å². The fourth-order valence-corrected chi connectivity index (χ4v) is 4.57. The van der Waals surface area contributed by atoms with Crippen molar-refractivity contribution in [3.63, 3.8) is 0 Å². The zero-order chi connectivity index (χ0) is 17.9. The van der Waals surface area contributed by atoms with Crippen LogP contribution < -0.4 is 4.90 Å². The highest BCUT2D eigenvalue weighted by molar-refractivity contribution is 7.89. The summed E-state index contributed by atoms with van der Waals surface area (Å²) in [7, 11) is -3.81. The SMILES string of the molecule is N#Cc1ccccc1C[NH+]1CCN(S(=O)(=O)c2ccccc2F)CC1. The third-order valence-electron chi connectivity index (χ3n) is 4.46. The molecule has 2 aromatic carbocycles. The van der Waals surface area contributed by atoms with E-state index in [9.17, 15) is 12.8 Å². The Bertz CT molecular complexity index is 901. The third-order valence-corrected chi connectivity index (χ3v) is 6.39. The van der Waals surface area contributed by atoms with Crippen molar-refractivity contribution < 1.29 is 17.7 Å². The lowest BCUT2D eigenvalue weighted by atomic mass is 10.1. The van der Waals surface area contributed by atoms with Gasteiger partial charge in [0.05, 0.1) is 37.8 Å². The molecule has 25 heavy (non-hydrogen) atoms. The van der Waals surface area contributed by atoms with E-state index < -0.39 is 15.8 Å². The summed E-state index contributed by atoms with van der Waals surface area (Å²) in [6.07, 6.45) is 0. The maximum atomic E-state index is 13.8. The van der Waals surface area contributed by atoms with Gasteiger partial charge < -0.3 is 4.90 Å². The molecule has 7 heteroatoms. The van der Waals surface area contributed by atoms with Crippen molar-refractivity contribution in [1.29, 1.82) is 5.26 Å². The minimum atomic E-state index is -3.81. The average Bonchev–Trinajstić information content (AvgIpc) is 2.63. The molecule has 1 aliphatic heterocycles. The van der Waals surface area contributed by atoms with E-state index in [1.54, 1.807) is 6.07 Å². The number of nitrogens with zero attached hydrogens (tertiary/aromatic N) is 2. The summed E-state index contributed by atoms with van der Waals surface area (Å²) in [6, 6.07) is 15.1. The molecular formula is C18H19FN3O2S+. The van der Waals surface area contributed by atoms with Gasteiger partial charge in [0, 0.05) is 5.56 Å². The van der Waals surface area contributed by atoms with Gasteiger partial charge in [0.2, 0.25) is 10.0 Å². The minimum Gasteiger partial charge on any atom is -0.329 e. The number of hydrogen-bond acceptors (Lipinski definition) is 3. The molecule has 2 aromatic rings. The monoisotopic (exact) mass is 360 g/mol. The van der Waals surface area contributed by atoms with Gasteiger partial charge in [-0.3, -0.25) is 0 Å². The van der Waals surface area contributed by atoms with Gasteiger partial charge >= 0.3 is 0 Å². The Kier molecular flexibility index (Phi) is 5.13. The summed E-state index contributed by atoms with van der Waals surface area (Å²) in [4.78, 5) is 0.941. The minimum absolute atomic E-state index is 0.270. The highest BCUT2D eigenvalue weighted by atomic mass is 32.2. The van der Waals surface area contributed by atoms with Gasteiger partial charge in [0.25, 0.3) is 0 Å². The highest BCUT2D eigenvalue weighted by Gasteiger charge is 2.32. The summed E-state index contributed by atoms with van der Waals surface area (Å²) < 4.78 is 40.4. The molecule has 5 nitrogen and oxygen atoms in total. The number of halogens is 1. The molecule has 1 fully saturated rings. The maximum Gasteiger partial charge on any atom is 0.246 e. The molecule has 0 aliphatic carbocycles. The Morgan fingerprint density at radius 2 is 1.72 bits per heavy atom. The fraction of sp³-hybridized carbons (Fsp3) is 0.278. The number of piperazine rings is 1. The Balaban J connectivity index is 1.68. The normalized spacial score (nSPS) is 16.5. The molecule has 130 valence electrons. The Morgan fingerprint density at radius 3 is 2.40 bits per heavy atom. The topological polar surface area (TPSA) is 65.6 Å². The van der Waals surface area contributed by atoms with Crippen LogP contribution in [-0.2, 0) is 16.6 Å². The number of nitriles is 1. The van der Waals surface area contributed by atoms with Crippen molar-refractivity contribution in [1.82, 2.24) is 4.31 Å². The van der Waals surface area contributed by atoms with Crippen molar-refractivity contribution in [3.05, 3.63) is 65.5 Å². The molecule has 1 N–H and O–H groups in total. The molecular weight excluding hydrogens is 341 g/mol. The van der Waals surface area contributed by atoms with Gasteiger partial charge in [-0.25, -0.2) is 12.8 Å². The first-order valence-electron chi connectivity index (χ1n) is 8.08. The lowest BCUT2D eigenvalue weighted by molar-refractivity contribution is -0.917. The van der Waals surface area contributed by atoms with E-state index in [0.29, 0.717) is 38.3 Å². The van der Waals surface area contributed by atoms with Gasteiger partial charge in [0.1, 0.15) is 17.3 Å². The van der Waals surface area contributed by atoms with Crippen LogP contribution >= 0.6 is 0 Å². The molecule has 1 saturated heterocycles. The van der Waals surface area contributed by atoms with E-state index in [1.807, 2.05) is 18.2 Å². The van der Waals surface area contributed by atoms with Crippen molar-refractivity contribution >= 4 is 10.0 Å². The fourth-order valence-electron chi connectivity index (χ4n) is 3.07.